The number of imidazole rings is 1. The molecule has 0 bridgehead atoms. The Morgan fingerprint density at radius 1 is 1.29 bits per heavy atom. The molecule has 122 valence electrons. The minimum Gasteiger partial charge on any atom is -0.372 e. The van der Waals surface area contributed by atoms with E-state index in [1.54, 1.807) is 12.1 Å². The summed E-state index contributed by atoms with van der Waals surface area (Å²) >= 11 is 0. The molecule has 0 saturated heterocycles. The Morgan fingerprint density at radius 2 is 2.08 bits per heavy atom. The third kappa shape index (κ3) is 2.60. The van der Waals surface area contributed by atoms with E-state index >= 15 is 0 Å². The number of hydrogen-bond acceptors (Lipinski definition) is 4. The number of para-hydroxylation sites is 2. The van der Waals surface area contributed by atoms with Gasteiger partial charge in [0.25, 0.3) is 5.69 Å². The van der Waals surface area contributed by atoms with E-state index < -0.39 is 0 Å². The van der Waals surface area contributed by atoms with Gasteiger partial charge in [-0.15, -0.1) is 0 Å². The zero-order valence-electron chi connectivity index (χ0n) is 13.4. The van der Waals surface area contributed by atoms with Crippen LogP contribution in [0, 0.1) is 17.0 Å². The fraction of sp³-hybridized carbons (Fsp3) is 0.278. The Labute approximate surface area is 139 Å². The maximum atomic E-state index is 11.3. The monoisotopic (exact) mass is 322 g/mol. The van der Waals surface area contributed by atoms with Gasteiger partial charge in [-0.2, -0.15) is 0 Å². The van der Waals surface area contributed by atoms with Gasteiger partial charge in [0.1, 0.15) is 11.5 Å². The summed E-state index contributed by atoms with van der Waals surface area (Å²) in [5.41, 5.74) is 3.61. The number of nitrogens with zero attached hydrogens (tertiary/aromatic N) is 3. The van der Waals surface area contributed by atoms with Crippen LogP contribution < -0.4 is 5.32 Å². The second kappa shape index (κ2) is 5.63. The summed E-state index contributed by atoms with van der Waals surface area (Å²) in [6, 6.07) is 13.8. The number of aromatic nitrogens is 2. The summed E-state index contributed by atoms with van der Waals surface area (Å²) in [6.07, 6.45) is 2.33. The number of anilines is 1. The first-order valence-electron chi connectivity index (χ1n) is 8.08. The molecule has 0 atom stereocenters. The molecule has 0 unspecified atom stereocenters. The average molecular weight is 322 g/mol. The summed E-state index contributed by atoms with van der Waals surface area (Å²) in [7, 11) is 0. The van der Waals surface area contributed by atoms with E-state index in [1.807, 2.05) is 31.2 Å². The lowest BCUT2D eigenvalue weighted by Crippen LogP contribution is -2.09. The maximum Gasteiger partial charge on any atom is 0.292 e. The lowest BCUT2D eigenvalue weighted by molar-refractivity contribution is -0.384. The SMILES string of the molecule is Cc1ccc(NCc2nc3ccccc3n2C2CC2)c([N+](=O)[O-])c1. The minimum absolute atomic E-state index is 0.101. The van der Waals surface area contributed by atoms with E-state index in [2.05, 4.69) is 16.0 Å². The van der Waals surface area contributed by atoms with Crippen molar-refractivity contribution >= 4 is 22.4 Å². The van der Waals surface area contributed by atoms with Gasteiger partial charge in [-0.1, -0.05) is 18.2 Å². The molecule has 1 fully saturated rings. The quantitative estimate of drug-likeness (QED) is 0.564. The van der Waals surface area contributed by atoms with Crippen molar-refractivity contribution in [1.29, 1.82) is 0 Å². The maximum absolute atomic E-state index is 11.3. The normalized spacial score (nSPS) is 14.0. The molecule has 24 heavy (non-hydrogen) atoms. The fourth-order valence-electron chi connectivity index (χ4n) is 3.08. The van der Waals surface area contributed by atoms with E-state index in [4.69, 9.17) is 4.98 Å². The second-order valence-corrected chi connectivity index (χ2v) is 6.25. The number of rotatable bonds is 5. The first-order chi connectivity index (χ1) is 11.6. The van der Waals surface area contributed by atoms with E-state index in [1.165, 1.54) is 0 Å². The van der Waals surface area contributed by atoms with Crippen LogP contribution in [0.25, 0.3) is 11.0 Å². The van der Waals surface area contributed by atoms with Gasteiger partial charge in [-0.25, -0.2) is 4.98 Å². The number of benzene rings is 2. The van der Waals surface area contributed by atoms with E-state index in [0.29, 0.717) is 18.3 Å². The third-order valence-corrected chi connectivity index (χ3v) is 4.37. The number of nitro groups is 1. The molecule has 6 heteroatoms. The van der Waals surface area contributed by atoms with E-state index in [9.17, 15) is 10.1 Å². The largest absolute Gasteiger partial charge is 0.372 e. The van der Waals surface area contributed by atoms with Crippen molar-refractivity contribution in [2.45, 2.75) is 32.4 Å². The van der Waals surface area contributed by atoms with Crippen LogP contribution in [-0.2, 0) is 6.54 Å². The van der Waals surface area contributed by atoms with Crippen molar-refractivity contribution in [3.63, 3.8) is 0 Å². The van der Waals surface area contributed by atoms with Gasteiger partial charge in [-0.3, -0.25) is 10.1 Å². The van der Waals surface area contributed by atoms with Crippen LogP contribution >= 0.6 is 0 Å². The van der Waals surface area contributed by atoms with Crippen molar-refractivity contribution in [3.05, 3.63) is 64.0 Å². The zero-order valence-corrected chi connectivity index (χ0v) is 13.4. The molecule has 0 spiro atoms. The summed E-state index contributed by atoms with van der Waals surface area (Å²) < 4.78 is 2.27. The Bertz CT molecular complexity index is 928. The van der Waals surface area contributed by atoms with Crippen LogP contribution in [0.4, 0.5) is 11.4 Å². The molecule has 1 heterocycles. The smallest absolute Gasteiger partial charge is 0.292 e. The summed E-state index contributed by atoms with van der Waals surface area (Å²) in [4.78, 5) is 15.6. The first-order valence-corrected chi connectivity index (χ1v) is 8.08. The van der Waals surface area contributed by atoms with Crippen molar-refractivity contribution in [3.8, 4) is 0 Å². The summed E-state index contributed by atoms with van der Waals surface area (Å²) in [6.45, 7) is 2.32. The first kappa shape index (κ1) is 14.7. The second-order valence-electron chi connectivity index (χ2n) is 6.25. The highest BCUT2D eigenvalue weighted by Gasteiger charge is 2.28. The topological polar surface area (TPSA) is 73.0 Å². The minimum atomic E-state index is -0.348. The molecule has 1 saturated carbocycles. The van der Waals surface area contributed by atoms with E-state index in [-0.39, 0.29) is 10.6 Å². The standard InChI is InChI=1S/C18H18N4O2/c1-12-6-9-14(17(10-12)22(23)24)19-11-18-20-15-4-2-3-5-16(15)21(18)13-7-8-13/h2-6,9-10,13,19H,7-8,11H2,1H3. The Kier molecular flexibility index (Phi) is 3.45. The van der Waals surface area contributed by atoms with Crippen molar-refractivity contribution in [2.75, 3.05) is 5.32 Å². The van der Waals surface area contributed by atoms with Gasteiger partial charge >= 0.3 is 0 Å². The molecule has 0 radical (unpaired) electrons. The highest BCUT2D eigenvalue weighted by atomic mass is 16.6. The molecule has 1 N–H and O–H groups in total. The van der Waals surface area contributed by atoms with E-state index in [0.717, 1.165) is 35.3 Å². The van der Waals surface area contributed by atoms with Gasteiger partial charge in [0, 0.05) is 12.1 Å². The number of nitrogens with one attached hydrogen (secondary N) is 1. The predicted octanol–water partition coefficient (Wildman–Crippen LogP) is 4.20. The molecule has 0 aliphatic heterocycles. The molecule has 1 aliphatic carbocycles. The lowest BCUT2D eigenvalue weighted by atomic mass is 10.2. The highest BCUT2D eigenvalue weighted by molar-refractivity contribution is 5.76. The predicted molar refractivity (Wildman–Crippen MR) is 93.2 cm³/mol. The van der Waals surface area contributed by atoms with Gasteiger partial charge in [0.05, 0.1) is 22.5 Å². The van der Waals surface area contributed by atoms with Crippen molar-refractivity contribution < 1.29 is 4.92 Å². The third-order valence-electron chi connectivity index (χ3n) is 4.37. The molecule has 1 aromatic heterocycles. The lowest BCUT2D eigenvalue weighted by Gasteiger charge is -2.10. The summed E-state index contributed by atoms with van der Waals surface area (Å²) in [5.74, 6) is 0.925. The Balaban J connectivity index is 1.66. The van der Waals surface area contributed by atoms with Crippen molar-refractivity contribution in [1.82, 2.24) is 9.55 Å². The van der Waals surface area contributed by atoms with Crippen molar-refractivity contribution in [2.24, 2.45) is 0 Å². The summed E-state index contributed by atoms with van der Waals surface area (Å²) in [5, 5.41) is 14.5. The molecule has 2 aromatic carbocycles. The molecule has 3 aromatic rings. The molecule has 1 aliphatic rings. The molecule has 6 nitrogen and oxygen atoms in total. The zero-order chi connectivity index (χ0) is 16.7. The number of nitro benzene ring substituents is 1. The van der Waals surface area contributed by atoms with Gasteiger partial charge < -0.3 is 9.88 Å². The molecule has 4 rings (SSSR count). The number of hydrogen-bond donors (Lipinski definition) is 1. The van der Waals surface area contributed by atoms with Crippen LogP contribution in [-0.4, -0.2) is 14.5 Å². The van der Waals surface area contributed by atoms with Crippen LogP contribution in [0.15, 0.2) is 42.5 Å². The van der Waals surface area contributed by atoms with Crippen LogP contribution in [0.2, 0.25) is 0 Å². The van der Waals surface area contributed by atoms with Gasteiger partial charge in [0.2, 0.25) is 0 Å². The highest BCUT2D eigenvalue weighted by Crippen LogP contribution is 2.39. The molecule has 0 amide bonds. The van der Waals surface area contributed by atoms with Gasteiger partial charge in [-0.05, 0) is 43.5 Å². The average Bonchev–Trinajstić information content (AvgIpc) is 3.34. The number of fused-ring (bicyclic) bond motifs is 1. The Hall–Kier alpha value is -2.89. The van der Waals surface area contributed by atoms with Crippen LogP contribution in [0.1, 0.15) is 30.3 Å². The Morgan fingerprint density at radius 3 is 2.83 bits per heavy atom. The van der Waals surface area contributed by atoms with Crippen LogP contribution in [0.5, 0.6) is 0 Å². The number of aryl methyl sites for hydroxylation is 1. The fourth-order valence-corrected chi connectivity index (χ4v) is 3.08. The molecular weight excluding hydrogens is 304 g/mol. The molecular formula is C18H18N4O2. The van der Waals surface area contributed by atoms with Gasteiger partial charge in [0.15, 0.2) is 0 Å². The van der Waals surface area contributed by atoms with Crippen LogP contribution in [0.3, 0.4) is 0 Å².